The smallest absolute Gasteiger partial charge is 0.00978 e. The molecule has 0 aromatic carbocycles. The Balaban J connectivity index is 4.09. The van der Waals surface area contributed by atoms with Crippen molar-refractivity contribution in [2.24, 2.45) is 11.8 Å². The summed E-state index contributed by atoms with van der Waals surface area (Å²) >= 11 is 4.34. The van der Waals surface area contributed by atoms with Gasteiger partial charge in [-0.1, -0.05) is 39.5 Å². The quantitative estimate of drug-likeness (QED) is 0.415. The molecule has 0 spiro atoms. The van der Waals surface area contributed by atoms with Gasteiger partial charge in [0.2, 0.25) is 0 Å². The summed E-state index contributed by atoms with van der Waals surface area (Å²) in [5.74, 6) is 3.04. The maximum Gasteiger partial charge on any atom is -0.00978 e. The van der Waals surface area contributed by atoms with Crippen molar-refractivity contribution in [1.29, 1.82) is 0 Å². The third kappa shape index (κ3) is 7.64. The predicted octanol–water partition coefficient (Wildman–Crippen LogP) is 4.84. The number of hydrogen-bond donors (Lipinski definition) is 1. The second kappa shape index (κ2) is 11.3. The molecule has 0 aliphatic heterocycles. The molecule has 0 saturated heterocycles. The highest BCUT2D eigenvalue weighted by atomic mass is 32.1. The molecular weight excluding hydrogens is 219 g/mol. The van der Waals surface area contributed by atoms with Crippen molar-refractivity contribution in [3.8, 4) is 0 Å². The first-order chi connectivity index (χ1) is 7.29. The van der Waals surface area contributed by atoms with Crippen molar-refractivity contribution in [1.82, 2.24) is 0 Å². The fourth-order valence-electron chi connectivity index (χ4n) is 2.48. The molecular formula is C13H29PS. The van der Waals surface area contributed by atoms with E-state index in [0.29, 0.717) is 0 Å². The third-order valence-corrected chi connectivity index (χ3v) is 4.43. The summed E-state index contributed by atoms with van der Waals surface area (Å²) in [6, 6.07) is 0. The molecule has 15 heavy (non-hydrogen) atoms. The molecule has 0 rings (SSSR count). The van der Waals surface area contributed by atoms with Crippen molar-refractivity contribution < 1.29 is 0 Å². The minimum Gasteiger partial charge on any atom is -0.179 e. The topological polar surface area (TPSA) is 0 Å². The Labute approximate surface area is 104 Å². The molecule has 92 valence electrons. The van der Waals surface area contributed by atoms with Crippen LogP contribution in [0, 0.1) is 11.8 Å². The molecule has 0 nitrogen and oxygen atoms in total. The first-order valence-corrected chi connectivity index (χ1v) is 8.89. The molecule has 0 radical (unpaired) electrons. The van der Waals surface area contributed by atoms with Crippen LogP contribution in [0.15, 0.2) is 0 Å². The maximum atomic E-state index is 4.34. The highest BCUT2D eigenvalue weighted by molar-refractivity contribution is 7.80. The van der Waals surface area contributed by atoms with Crippen LogP contribution in [0.1, 0.15) is 52.4 Å². The number of rotatable bonds is 10. The largest absolute Gasteiger partial charge is 0.179 e. The lowest BCUT2D eigenvalue weighted by Gasteiger charge is -2.26. The molecule has 0 aliphatic rings. The van der Waals surface area contributed by atoms with Gasteiger partial charge in [0.05, 0.1) is 0 Å². The standard InChI is InChI=1S/C13H29PS/c1-4-7-12(9-6-10-15)13(8-5-2)11-14-3/h12-15H,4-11H2,1-3H3. The summed E-state index contributed by atoms with van der Waals surface area (Å²) in [5, 5.41) is 0. The van der Waals surface area contributed by atoms with E-state index in [2.05, 4.69) is 33.1 Å². The lowest BCUT2D eigenvalue weighted by molar-refractivity contribution is 0.297. The van der Waals surface area contributed by atoms with E-state index in [1.165, 1.54) is 44.7 Å². The van der Waals surface area contributed by atoms with E-state index in [-0.39, 0.29) is 0 Å². The van der Waals surface area contributed by atoms with Crippen LogP contribution in [0.3, 0.4) is 0 Å². The summed E-state index contributed by atoms with van der Waals surface area (Å²) < 4.78 is 0. The van der Waals surface area contributed by atoms with Crippen LogP contribution < -0.4 is 0 Å². The van der Waals surface area contributed by atoms with Gasteiger partial charge in [-0.25, -0.2) is 0 Å². The van der Waals surface area contributed by atoms with Crippen molar-refractivity contribution in [3.05, 3.63) is 0 Å². The molecule has 0 aromatic heterocycles. The fraction of sp³-hybridized carbons (Fsp3) is 1.00. The second-order valence-electron chi connectivity index (χ2n) is 4.52. The minimum absolute atomic E-state index is 0.981. The van der Waals surface area contributed by atoms with Crippen LogP contribution in [0.25, 0.3) is 0 Å². The van der Waals surface area contributed by atoms with Gasteiger partial charge in [-0.05, 0) is 43.3 Å². The Bertz CT molecular complexity index is 122. The maximum absolute atomic E-state index is 4.34. The zero-order chi connectivity index (χ0) is 11.5. The number of thiol groups is 1. The van der Waals surface area contributed by atoms with E-state index in [0.717, 1.165) is 26.2 Å². The van der Waals surface area contributed by atoms with Gasteiger partial charge in [0.25, 0.3) is 0 Å². The van der Waals surface area contributed by atoms with Gasteiger partial charge in [-0.2, -0.15) is 12.6 Å². The molecule has 0 bridgehead atoms. The Morgan fingerprint density at radius 1 is 1.00 bits per heavy atom. The van der Waals surface area contributed by atoms with Gasteiger partial charge < -0.3 is 0 Å². The molecule has 3 atom stereocenters. The van der Waals surface area contributed by atoms with Gasteiger partial charge in [0, 0.05) is 0 Å². The summed E-state index contributed by atoms with van der Waals surface area (Å²) in [5.41, 5.74) is 0. The van der Waals surface area contributed by atoms with E-state index < -0.39 is 0 Å². The molecule has 0 N–H and O–H groups in total. The van der Waals surface area contributed by atoms with Crippen LogP contribution in [0.2, 0.25) is 0 Å². The molecule has 0 fully saturated rings. The monoisotopic (exact) mass is 248 g/mol. The van der Waals surface area contributed by atoms with Crippen molar-refractivity contribution >= 4 is 21.2 Å². The van der Waals surface area contributed by atoms with E-state index in [1.807, 2.05) is 0 Å². The first kappa shape index (κ1) is 15.8. The Morgan fingerprint density at radius 3 is 2.07 bits per heavy atom. The second-order valence-corrected chi connectivity index (χ2v) is 6.08. The lowest BCUT2D eigenvalue weighted by Crippen LogP contribution is -2.17. The molecule has 0 heterocycles. The van der Waals surface area contributed by atoms with Crippen molar-refractivity contribution in [2.45, 2.75) is 52.4 Å². The fourth-order valence-corrected chi connectivity index (χ4v) is 3.72. The van der Waals surface area contributed by atoms with E-state index in [4.69, 9.17) is 0 Å². The summed E-state index contributed by atoms with van der Waals surface area (Å²) in [6.45, 7) is 7.00. The normalized spacial score (nSPS) is 16.0. The molecule has 0 aromatic rings. The van der Waals surface area contributed by atoms with Gasteiger partial charge >= 0.3 is 0 Å². The SMILES string of the molecule is CCCC(CCCS)C(CCC)CPC. The van der Waals surface area contributed by atoms with Crippen LogP contribution in [-0.4, -0.2) is 18.6 Å². The summed E-state index contributed by atoms with van der Waals surface area (Å²) in [4.78, 5) is 0. The third-order valence-electron chi connectivity index (χ3n) is 3.18. The van der Waals surface area contributed by atoms with Gasteiger partial charge in [-0.15, -0.1) is 8.58 Å². The van der Waals surface area contributed by atoms with Crippen LogP contribution in [0.4, 0.5) is 0 Å². The average Bonchev–Trinajstić information content (AvgIpc) is 2.24. The zero-order valence-corrected chi connectivity index (χ0v) is 12.7. The highest BCUT2D eigenvalue weighted by Gasteiger charge is 2.18. The Hall–Kier alpha value is 0.780. The minimum atomic E-state index is 0.981. The Morgan fingerprint density at radius 2 is 1.60 bits per heavy atom. The molecule has 0 aliphatic carbocycles. The predicted molar refractivity (Wildman–Crippen MR) is 79.0 cm³/mol. The summed E-state index contributed by atoms with van der Waals surface area (Å²) in [7, 11) is 1.13. The van der Waals surface area contributed by atoms with Gasteiger partial charge in [0.1, 0.15) is 0 Å². The van der Waals surface area contributed by atoms with Crippen LogP contribution >= 0.6 is 21.2 Å². The lowest BCUT2D eigenvalue weighted by atomic mass is 9.83. The van der Waals surface area contributed by atoms with E-state index >= 15 is 0 Å². The van der Waals surface area contributed by atoms with Crippen molar-refractivity contribution in [3.63, 3.8) is 0 Å². The summed E-state index contributed by atoms with van der Waals surface area (Å²) in [6.07, 6.45) is 9.76. The Kier molecular flexibility index (Phi) is 11.9. The molecule has 0 amide bonds. The van der Waals surface area contributed by atoms with E-state index in [9.17, 15) is 0 Å². The van der Waals surface area contributed by atoms with E-state index in [1.54, 1.807) is 0 Å². The van der Waals surface area contributed by atoms with Crippen molar-refractivity contribution in [2.75, 3.05) is 18.6 Å². The molecule has 0 saturated carbocycles. The zero-order valence-electron chi connectivity index (χ0n) is 10.8. The number of hydrogen-bond acceptors (Lipinski definition) is 1. The molecule has 3 unspecified atom stereocenters. The van der Waals surface area contributed by atoms with Gasteiger partial charge in [0.15, 0.2) is 0 Å². The van der Waals surface area contributed by atoms with Crippen LogP contribution in [0.5, 0.6) is 0 Å². The van der Waals surface area contributed by atoms with Crippen LogP contribution in [-0.2, 0) is 0 Å². The average molecular weight is 248 g/mol. The molecule has 2 heteroatoms. The van der Waals surface area contributed by atoms with Gasteiger partial charge in [-0.3, -0.25) is 0 Å². The highest BCUT2D eigenvalue weighted by Crippen LogP contribution is 2.30. The first-order valence-electron chi connectivity index (χ1n) is 6.55.